The fourth-order valence-electron chi connectivity index (χ4n) is 6.45. The minimum atomic E-state index is -0.696. The van der Waals surface area contributed by atoms with E-state index in [9.17, 15) is 9.59 Å². The Morgan fingerprint density at radius 3 is 2.47 bits per heavy atom. The van der Waals surface area contributed by atoms with Gasteiger partial charge in [0.25, 0.3) is 0 Å². The summed E-state index contributed by atoms with van der Waals surface area (Å²) in [6.07, 6.45) is 10.3. The Labute approximate surface area is 221 Å². The second-order valence-corrected chi connectivity index (χ2v) is 10.9. The molecular formula is C28H42ClN3O4. The van der Waals surface area contributed by atoms with Gasteiger partial charge < -0.3 is 19.7 Å². The van der Waals surface area contributed by atoms with Crippen molar-refractivity contribution in [2.24, 2.45) is 5.92 Å². The van der Waals surface area contributed by atoms with Crippen molar-refractivity contribution in [3.63, 3.8) is 0 Å². The summed E-state index contributed by atoms with van der Waals surface area (Å²) in [5.74, 6) is 2.42. The molecule has 2 saturated heterocycles. The van der Waals surface area contributed by atoms with Gasteiger partial charge in [-0.05, 0) is 49.3 Å². The van der Waals surface area contributed by atoms with Gasteiger partial charge in [-0.3, -0.25) is 14.5 Å². The van der Waals surface area contributed by atoms with Crippen LogP contribution in [0.15, 0.2) is 18.2 Å². The lowest BCUT2D eigenvalue weighted by atomic mass is 9.79. The molecule has 1 saturated carbocycles. The first-order valence-electron chi connectivity index (χ1n) is 13.8. The predicted molar refractivity (Wildman–Crippen MR) is 142 cm³/mol. The summed E-state index contributed by atoms with van der Waals surface area (Å²) in [5, 5.41) is 3.20. The van der Waals surface area contributed by atoms with Gasteiger partial charge in [0, 0.05) is 26.2 Å². The van der Waals surface area contributed by atoms with Gasteiger partial charge in [0.2, 0.25) is 11.8 Å². The zero-order valence-corrected chi connectivity index (χ0v) is 22.5. The van der Waals surface area contributed by atoms with Crippen molar-refractivity contribution in [3.8, 4) is 11.5 Å². The van der Waals surface area contributed by atoms with Crippen LogP contribution in [-0.2, 0) is 16.1 Å². The molecule has 0 unspecified atom stereocenters. The lowest BCUT2D eigenvalue weighted by Crippen LogP contribution is -2.73. The summed E-state index contributed by atoms with van der Waals surface area (Å²) in [5.41, 5.74) is 0.489. The van der Waals surface area contributed by atoms with Gasteiger partial charge in [0.05, 0.1) is 0 Å². The zero-order valence-electron chi connectivity index (χ0n) is 21.6. The molecule has 0 radical (unpaired) electrons. The van der Waals surface area contributed by atoms with Gasteiger partial charge in [-0.15, -0.1) is 12.4 Å². The maximum atomic E-state index is 13.7. The number of carbonyl (C=O) groups is 2. The number of nitrogens with one attached hydrogen (secondary N) is 1. The molecule has 3 fully saturated rings. The van der Waals surface area contributed by atoms with Gasteiger partial charge in [-0.25, -0.2) is 0 Å². The van der Waals surface area contributed by atoms with Crippen molar-refractivity contribution < 1.29 is 19.1 Å². The minimum absolute atomic E-state index is 0. The number of hydrogen-bond acceptors (Lipinski definition) is 5. The summed E-state index contributed by atoms with van der Waals surface area (Å²) in [6, 6.07) is 5.81. The van der Waals surface area contributed by atoms with E-state index in [0.29, 0.717) is 38.5 Å². The summed E-state index contributed by atoms with van der Waals surface area (Å²) >= 11 is 0. The normalized spacial score (nSPS) is 24.4. The number of benzene rings is 1. The van der Waals surface area contributed by atoms with Crippen molar-refractivity contribution in [1.82, 2.24) is 15.1 Å². The van der Waals surface area contributed by atoms with Crippen LogP contribution < -0.4 is 14.8 Å². The van der Waals surface area contributed by atoms with E-state index in [1.165, 1.54) is 37.7 Å². The van der Waals surface area contributed by atoms with Gasteiger partial charge in [-0.2, -0.15) is 0 Å². The first kappa shape index (κ1) is 27.1. The Bertz CT molecular complexity index is 912. The van der Waals surface area contributed by atoms with Crippen molar-refractivity contribution in [3.05, 3.63) is 23.8 Å². The number of nitrogens with zero attached hydrogens (tertiary/aromatic N) is 2. The number of carbonyl (C=O) groups excluding carboxylic acids is 2. The maximum Gasteiger partial charge on any atom is 0.246 e. The smallest absolute Gasteiger partial charge is 0.246 e. The topological polar surface area (TPSA) is 71.1 Å². The third-order valence-electron chi connectivity index (χ3n) is 8.53. The van der Waals surface area contributed by atoms with Crippen LogP contribution in [0.25, 0.3) is 0 Å². The minimum Gasteiger partial charge on any atom is -0.486 e. The number of fused-ring (bicyclic) bond motifs is 1. The average Bonchev–Trinajstić information content (AvgIpc) is 2.89. The molecule has 3 heterocycles. The largest absolute Gasteiger partial charge is 0.486 e. The SMILES string of the molecule is CCCCN1C(=O)[C@H](CC2CCCCC2)NC(=O)C12CCN(Cc1ccc3c(c1)OCCO3)CC2.Cl. The molecule has 3 aliphatic heterocycles. The first-order chi connectivity index (χ1) is 17.1. The summed E-state index contributed by atoms with van der Waals surface area (Å²) in [7, 11) is 0. The van der Waals surface area contributed by atoms with Gasteiger partial charge >= 0.3 is 0 Å². The summed E-state index contributed by atoms with van der Waals surface area (Å²) in [4.78, 5) is 31.7. The molecule has 1 spiro atoms. The van der Waals surface area contributed by atoms with E-state index in [2.05, 4.69) is 29.3 Å². The molecular weight excluding hydrogens is 478 g/mol. The number of ether oxygens (including phenoxy) is 2. The number of hydrogen-bond donors (Lipinski definition) is 1. The Kier molecular flexibility index (Phi) is 9.05. The molecule has 8 heteroatoms. The zero-order chi connectivity index (χ0) is 24.3. The van der Waals surface area contributed by atoms with E-state index in [0.717, 1.165) is 50.4 Å². The number of likely N-dealkylation sites (tertiary alicyclic amines) is 1. The number of unbranched alkanes of at least 4 members (excludes halogenated alkanes) is 1. The lowest BCUT2D eigenvalue weighted by Gasteiger charge is -2.52. The fourth-order valence-corrected chi connectivity index (χ4v) is 6.45. The standard InChI is InChI=1S/C28H41N3O4.ClH/c1-2-3-13-31-26(32)23(18-21-7-5-4-6-8-21)29-27(33)28(31)11-14-30(15-12-28)20-22-9-10-24-25(19-22)35-17-16-34-24;/h9-10,19,21,23H,2-8,11-18,20H2,1H3,(H,29,33);1H/t23-;/m0./s1. The van der Waals surface area contributed by atoms with Crippen LogP contribution >= 0.6 is 12.4 Å². The predicted octanol–water partition coefficient (Wildman–Crippen LogP) is 4.31. The van der Waals surface area contributed by atoms with Crippen LogP contribution in [-0.4, -0.2) is 66.0 Å². The molecule has 0 bridgehead atoms. The molecule has 4 aliphatic rings. The Morgan fingerprint density at radius 2 is 1.75 bits per heavy atom. The number of rotatable bonds is 7. The highest BCUT2D eigenvalue weighted by molar-refractivity contribution is 6.00. The van der Waals surface area contributed by atoms with E-state index in [1.807, 2.05) is 11.0 Å². The third kappa shape index (κ3) is 5.62. The molecule has 1 N–H and O–H groups in total. The number of piperazine rings is 1. The van der Waals surface area contributed by atoms with E-state index in [1.54, 1.807) is 0 Å². The Hall–Kier alpha value is -1.99. The quantitative estimate of drug-likeness (QED) is 0.581. The molecule has 1 aliphatic carbocycles. The molecule has 5 rings (SSSR count). The first-order valence-corrected chi connectivity index (χ1v) is 13.8. The second kappa shape index (κ2) is 12.0. The van der Waals surface area contributed by atoms with Gasteiger partial charge in [0.1, 0.15) is 24.8 Å². The van der Waals surface area contributed by atoms with Crippen LogP contribution in [0.1, 0.15) is 76.7 Å². The Balaban J connectivity index is 0.00000304. The molecule has 0 aromatic heterocycles. The van der Waals surface area contributed by atoms with E-state index in [4.69, 9.17) is 9.47 Å². The van der Waals surface area contributed by atoms with Crippen molar-refractivity contribution in [2.45, 2.75) is 89.3 Å². The number of halogens is 1. The van der Waals surface area contributed by atoms with E-state index >= 15 is 0 Å². The highest BCUT2D eigenvalue weighted by atomic mass is 35.5. The molecule has 1 aromatic rings. The third-order valence-corrected chi connectivity index (χ3v) is 8.53. The Morgan fingerprint density at radius 1 is 1.03 bits per heavy atom. The van der Waals surface area contributed by atoms with Crippen LogP contribution in [0.5, 0.6) is 11.5 Å². The van der Waals surface area contributed by atoms with Crippen LogP contribution in [0, 0.1) is 5.92 Å². The average molecular weight is 520 g/mol. The highest BCUT2D eigenvalue weighted by Crippen LogP contribution is 2.37. The van der Waals surface area contributed by atoms with Crippen molar-refractivity contribution >= 4 is 24.2 Å². The molecule has 1 aromatic carbocycles. The van der Waals surface area contributed by atoms with Crippen LogP contribution in [0.3, 0.4) is 0 Å². The van der Waals surface area contributed by atoms with Gasteiger partial charge in [0.15, 0.2) is 11.5 Å². The van der Waals surface area contributed by atoms with Crippen molar-refractivity contribution in [1.29, 1.82) is 0 Å². The van der Waals surface area contributed by atoms with Crippen molar-refractivity contribution in [2.75, 3.05) is 32.8 Å². The number of amides is 2. The molecule has 200 valence electrons. The molecule has 2 amide bonds. The fraction of sp³-hybridized carbons (Fsp3) is 0.714. The van der Waals surface area contributed by atoms with E-state index in [-0.39, 0.29) is 30.3 Å². The summed E-state index contributed by atoms with van der Waals surface area (Å²) in [6.45, 7) is 6.42. The maximum absolute atomic E-state index is 13.7. The number of piperidine rings is 1. The summed E-state index contributed by atoms with van der Waals surface area (Å²) < 4.78 is 11.4. The molecule has 36 heavy (non-hydrogen) atoms. The second-order valence-electron chi connectivity index (χ2n) is 10.9. The molecule has 7 nitrogen and oxygen atoms in total. The van der Waals surface area contributed by atoms with Crippen LogP contribution in [0.4, 0.5) is 0 Å². The van der Waals surface area contributed by atoms with Crippen LogP contribution in [0.2, 0.25) is 0 Å². The molecule has 1 atom stereocenters. The lowest BCUT2D eigenvalue weighted by molar-refractivity contribution is -0.162. The monoisotopic (exact) mass is 519 g/mol. The van der Waals surface area contributed by atoms with E-state index < -0.39 is 5.54 Å². The van der Waals surface area contributed by atoms with Gasteiger partial charge in [-0.1, -0.05) is 51.5 Å². The highest BCUT2D eigenvalue weighted by Gasteiger charge is 2.53.